The molecule has 1 fully saturated rings. The summed E-state index contributed by atoms with van der Waals surface area (Å²) in [6, 6.07) is 9.92. The van der Waals surface area contributed by atoms with E-state index in [1.165, 1.54) is 18.5 Å². The van der Waals surface area contributed by atoms with Gasteiger partial charge in [0, 0.05) is 24.8 Å². The van der Waals surface area contributed by atoms with Crippen molar-refractivity contribution >= 4 is 17.4 Å². The van der Waals surface area contributed by atoms with Gasteiger partial charge in [0.2, 0.25) is 5.91 Å². The average Bonchev–Trinajstić information content (AvgIpc) is 3.11. The zero-order valence-electron chi connectivity index (χ0n) is 12.1. The van der Waals surface area contributed by atoms with Gasteiger partial charge in [-0.1, -0.05) is 17.3 Å². The van der Waals surface area contributed by atoms with Crippen molar-refractivity contribution in [2.45, 2.75) is 26.2 Å². The minimum atomic E-state index is -0.0859. The fourth-order valence-corrected chi connectivity index (χ4v) is 2.60. The number of nitrogens with one attached hydrogen (secondary N) is 1. The molecular formula is C16H19N3O2. The lowest BCUT2D eigenvalue weighted by Crippen LogP contribution is -2.18. The fraction of sp³-hybridized carbons (Fsp3) is 0.375. The molecule has 2 aromatic rings. The van der Waals surface area contributed by atoms with Crippen LogP contribution in [0.4, 0.5) is 11.5 Å². The molecule has 21 heavy (non-hydrogen) atoms. The molecule has 0 atom stereocenters. The largest absolute Gasteiger partial charge is 0.372 e. The Kier molecular flexibility index (Phi) is 3.90. The number of hydrogen-bond acceptors (Lipinski definition) is 4. The van der Waals surface area contributed by atoms with Crippen molar-refractivity contribution < 1.29 is 9.32 Å². The van der Waals surface area contributed by atoms with Gasteiger partial charge in [0.25, 0.3) is 0 Å². The molecule has 1 amide bonds. The number of amides is 1. The summed E-state index contributed by atoms with van der Waals surface area (Å²) in [6.45, 7) is 4.05. The van der Waals surface area contributed by atoms with E-state index < -0.39 is 0 Å². The standard InChI is InChI=1S/C16H19N3O2/c1-12-10-15(18-21-12)17-16(20)11-13-4-6-14(7-5-13)19-8-2-3-9-19/h4-7,10H,2-3,8-9,11H2,1H3,(H,17,18,20). The lowest BCUT2D eigenvalue weighted by Gasteiger charge is -2.17. The van der Waals surface area contributed by atoms with E-state index in [0.717, 1.165) is 18.7 Å². The van der Waals surface area contributed by atoms with Crippen LogP contribution in [-0.4, -0.2) is 24.2 Å². The van der Waals surface area contributed by atoms with E-state index in [0.29, 0.717) is 18.0 Å². The first-order valence-electron chi connectivity index (χ1n) is 7.28. The van der Waals surface area contributed by atoms with E-state index in [2.05, 4.69) is 27.5 Å². The molecule has 1 aromatic heterocycles. The first kappa shape index (κ1) is 13.7. The van der Waals surface area contributed by atoms with Gasteiger partial charge >= 0.3 is 0 Å². The second-order valence-electron chi connectivity index (χ2n) is 5.41. The molecule has 0 spiro atoms. The summed E-state index contributed by atoms with van der Waals surface area (Å²) in [5.41, 5.74) is 2.24. The van der Waals surface area contributed by atoms with Gasteiger partial charge in [0.1, 0.15) is 5.76 Å². The molecule has 1 saturated heterocycles. The SMILES string of the molecule is Cc1cc(NC(=O)Cc2ccc(N3CCCC3)cc2)no1. The number of aryl methyl sites for hydroxylation is 1. The van der Waals surface area contributed by atoms with Crippen LogP contribution in [0.2, 0.25) is 0 Å². The number of aromatic nitrogens is 1. The van der Waals surface area contributed by atoms with Gasteiger partial charge in [-0.05, 0) is 37.5 Å². The smallest absolute Gasteiger partial charge is 0.230 e. The van der Waals surface area contributed by atoms with Crippen LogP contribution in [0.5, 0.6) is 0 Å². The molecule has 3 rings (SSSR count). The van der Waals surface area contributed by atoms with E-state index >= 15 is 0 Å². The first-order chi connectivity index (χ1) is 10.2. The van der Waals surface area contributed by atoms with Crippen LogP contribution in [0.3, 0.4) is 0 Å². The van der Waals surface area contributed by atoms with Gasteiger partial charge in [-0.2, -0.15) is 0 Å². The zero-order valence-corrected chi connectivity index (χ0v) is 12.1. The van der Waals surface area contributed by atoms with Gasteiger partial charge in [0.15, 0.2) is 5.82 Å². The molecule has 110 valence electrons. The molecule has 1 aliphatic rings. The van der Waals surface area contributed by atoms with Crippen LogP contribution >= 0.6 is 0 Å². The Morgan fingerprint density at radius 2 is 2.00 bits per heavy atom. The number of nitrogens with zero attached hydrogens (tertiary/aromatic N) is 2. The molecular weight excluding hydrogens is 266 g/mol. The van der Waals surface area contributed by atoms with Gasteiger partial charge in [0.05, 0.1) is 6.42 Å². The van der Waals surface area contributed by atoms with Crippen molar-refractivity contribution in [1.29, 1.82) is 0 Å². The topological polar surface area (TPSA) is 58.4 Å². The maximum absolute atomic E-state index is 11.9. The van der Waals surface area contributed by atoms with E-state index in [1.54, 1.807) is 13.0 Å². The predicted molar refractivity (Wildman–Crippen MR) is 81.5 cm³/mol. The third kappa shape index (κ3) is 3.42. The van der Waals surface area contributed by atoms with Crippen LogP contribution < -0.4 is 10.2 Å². The lowest BCUT2D eigenvalue weighted by molar-refractivity contribution is -0.115. The minimum absolute atomic E-state index is 0.0859. The van der Waals surface area contributed by atoms with Crippen LogP contribution in [0.15, 0.2) is 34.9 Å². The molecule has 5 nitrogen and oxygen atoms in total. The van der Waals surface area contributed by atoms with Gasteiger partial charge in [-0.25, -0.2) is 0 Å². The number of hydrogen-bond donors (Lipinski definition) is 1. The number of carbonyl (C=O) groups is 1. The molecule has 1 aromatic carbocycles. The predicted octanol–water partition coefficient (Wildman–Crippen LogP) is 2.76. The minimum Gasteiger partial charge on any atom is -0.372 e. The van der Waals surface area contributed by atoms with Gasteiger partial charge < -0.3 is 14.7 Å². The average molecular weight is 285 g/mol. The molecule has 1 N–H and O–H groups in total. The second-order valence-corrected chi connectivity index (χ2v) is 5.41. The molecule has 0 radical (unpaired) electrons. The Morgan fingerprint density at radius 1 is 1.29 bits per heavy atom. The van der Waals surface area contributed by atoms with Crippen LogP contribution in [0.25, 0.3) is 0 Å². The van der Waals surface area contributed by atoms with E-state index in [-0.39, 0.29) is 5.91 Å². The molecule has 0 bridgehead atoms. The lowest BCUT2D eigenvalue weighted by atomic mass is 10.1. The zero-order chi connectivity index (χ0) is 14.7. The molecule has 0 saturated carbocycles. The molecule has 1 aliphatic heterocycles. The molecule has 2 heterocycles. The normalized spacial score (nSPS) is 14.4. The van der Waals surface area contributed by atoms with Crippen molar-refractivity contribution in [3.05, 3.63) is 41.7 Å². The van der Waals surface area contributed by atoms with Crippen molar-refractivity contribution in [3.8, 4) is 0 Å². The third-order valence-corrected chi connectivity index (χ3v) is 3.67. The number of anilines is 2. The summed E-state index contributed by atoms with van der Waals surface area (Å²) in [7, 11) is 0. The maximum Gasteiger partial charge on any atom is 0.230 e. The quantitative estimate of drug-likeness (QED) is 0.938. The third-order valence-electron chi connectivity index (χ3n) is 3.67. The van der Waals surface area contributed by atoms with Crippen molar-refractivity contribution in [2.75, 3.05) is 23.3 Å². The molecule has 0 aliphatic carbocycles. The van der Waals surface area contributed by atoms with E-state index in [4.69, 9.17) is 4.52 Å². The fourth-order valence-electron chi connectivity index (χ4n) is 2.60. The molecule has 0 unspecified atom stereocenters. The van der Waals surface area contributed by atoms with Crippen molar-refractivity contribution in [3.63, 3.8) is 0 Å². The van der Waals surface area contributed by atoms with Crippen LogP contribution in [0.1, 0.15) is 24.2 Å². The summed E-state index contributed by atoms with van der Waals surface area (Å²) in [5, 5.41) is 6.48. The monoisotopic (exact) mass is 285 g/mol. The first-order valence-corrected chi connectivity index (χ1v) is 7.28. The van der Waals surface area contributed by atoms with Gasteiger partial charge in [-0.3, -0.25) is 4.79 Å². The van der Waals surface area contributed by atoms with Crippen molar-refractivity contribution in [1.82, 2.24) is 5.16 Å². The van der Waals surface area contributed by atoms with Gasteiger partial charge in [-0.15, -0.1) is 0 Å². The summed E-state index contributed by atoms with van der Waals surface area (Å²) >= 11 is 0. The molecule has 5 heteroatoms. The Bertz CT molecular complexity index is 613. The van der Waals surface area contributed by atoms with E-state index in [9.17, 15) is 4.79 Å². The van der Waals surface area contributed by atoms with Crippen LogP contribution in [0, 0.1) is 6.92 Å². The van der Waals surface area contributed by atoms with Crippen LogP contribution in [-0.2, 0) is 11.2 Å². The Morgan fingerprint density at radius 3 is 2.62 bits per heavy atom. The Hall–Kier alpha value is -2.30. The summed E-state index contributed by atoms with van der Waals surface area (Å²) in [6.07, 6.45) is 2.87. The second kappa shape index (κ2) is 5.99. The highest BCUT2D eigenvalue weighted by atomic mass is 16.5. The maximum atomic E-state index is 11.9. The highest BCUT2D eigenvalue weighted by Crippen LogP contribution is 2.20. The summed E-state index contributed by atoms with van der Waals surface area (Å²) < 4.78 is 4.92. The Balaban J connectivity index is 1.58. The number of carbonyl (C=O) groups excluding carboxylic acids is 1. The van der Waals surface area contributed by atoms with Crippen molar-refractivity contribution in [2.24, 2.45) is 0 Å². The highest BCUT2D eigenvalue weighted by Gasteiger charge is 2.12. The summed E-state index contributed by atoms with van der Waals surface area (Å²) in [5.74, 6) is 1.06. The number of benzene rings is 1. The Labute approximate surface area is 123 Å². The number of rotatable bonds is 4. The van der Waals surface area contributed by atoms with E-state index in [1.807, 2.05) is 12.1 Å². The highest BCUT2D eigenvalue weighted by molar-refractivity contribution is 5.91. The summed E-state index contributed by atoms with van der Waals surface area (Å²) in [4.78, 5) is 14.3.